The van der Waals surface area contributed by atoms with Gasteiger partial charge in [0.25, 0.3) is 0 Å². The molecule has 0 N–H and O–H groups in total. The Kier molecular flexibility index (Phi) is 2.65. The Morgan fingerprint density at radius 3 is 2.83 bits per heavy atom. The van der Waals surface area contributed by atoms with E-state index in [0.717, 1.165) is 0 Å². The van der Waals surface area contributed by atoms with Gasteiger partial charge in [-0.25, -0.2) is 0 Å². The van der Waals surface area contributed by atoms with Gasteiger partial charge in [0.2, 0.25) is 0 Å². The normalized spacial score (nSPS) is 9.50. The molecule has 0 aliphatic rings. The van der Waals surface area contributed by atoms with Crippen LogP contribution < -0.4 is 9.09 Å². The Balaban J connectivity index is 3.29. The van der Waals surface area contributed by atoms with Crippen LogP contribution in [-0.4, -0.2) is 33.9 Å². The molecular weight excluding hydrogens is 223 g/mol. The van der Waals surface area contributed by atoms with Crippen molar-refractivity contribution < 1.29 is 9.66 Å². The summed E-state index contributed by atoms with van der Waals surface area (Å²) in [6, 6.07) is 1.54. The van der Waals surface area contributed by atoms with Gasteiger partial charge in [-0.1, -0.05) is 0 Å². The minimum absolute atomic E-state index is 0.0399. The Morgan fingerprint density at radius 2 is 2.42 bits per heavy atom. The van der Waals surface area contributed by atoms with Crippen molar-refractivity contribution in [3.05, 3.63) is 22.4 Å². The van der Waals surface area contributed by atoms with E-state index in [-0.39, 0.29) is 11.6 Å². The first-order valence-electron chi connectivity index (χ1n) is 3.03. The van der Waals surface area contributed by atoms with E-state index >= 15 is 0 Å². The number of hydrogen-bond acceptors (Lipinski definition) is 4. The van der Waals surface area contributed by atoms with E-state index in [1.54, 1.807) is 6.07 Å². The Morgan fingerprint density at radius 1 is 1.75 bits per heavy atom. The summed E-state index contributed by atoms with van der Waals surface area (Å²) in [5.41, 5.74) is -0.0972. The van der Waals surface area contributed by atoms with Crippen molar-refractivity contribution in [3.63, 3.8) is 0 Å². The van der Waals surface area contributed by atoms with Crippen LogP contribution in [0.1, 0.15) is 0 Å². The standard InChI is InChI=1S/C6H5AsN2O3/c1-12-6-5(9(10)11)4(7)2-3-8-6/h2-3H,1H3. The van der Waals surface area contributed by atoms with E-state index in [1.807, 2.05) is 0 Å². The van der Waals surface area contributed by atoms with Crippen molar-refractivity contribution in [3.8, 4) is 5.88 Å². The molecule has 0 fully saturated rings. The molecule has 1 rings (SSSR count). The first-order chi connectivity index (χ1) is 5.66. The molecule has 12 heavy (non-hydrogen) atoms. The summed E-state index contributed by atoms with van der Waals surface area (Å²) in [6.45, 7) is 0. The van der Waals surface area contributed by atoms with Crippen LogP contribution in [0.2, 0.25) is 0 Å². The molecule has 0 aliphatic heterocycles. The van der Waals surface area contributed by atoms with Crippen LogP contribution in [0.25, 0.3) is 0 Å². The fraction of sp³-hybridized carbons (Fsp3) is 0.167. The Labute approximate surface area is 77.4 Å². The SMILES string of the molecule is COc1nccc([As])c1[N+](=O)[O-]. The number of pyridine rings is 1. The predicted octanol–water partition coefficient (Wildman–Crippen LogP) is -0.208. The zero-order valence-electron chi connectivity index (χ0n) is 6.22. The summed E-state index contributed by atoms with van der Waals surface area (Å²) in [6.07, 6.45) is 1.46. The summed E-state index contributed by atoms with van der Waals surface area (Å²) >= 11 is 2.10. The molecular formula is C6H5AsN2O3. The average Bonchev–Trinajstić information content (AvgIpc) is 2.03. The van der Waals surface area contributed by atoms with Gasteiger partial charge in [0.1, 0.15) is 0 Å². The third-order valence-electron chi connectivity index (χ3n) is 1.25. The van der Waals surface area contributed by atoms with Crippen LogP contribution in [-0.2, 0) is 0 Å². The molecule has 0 atom stereocenters. The van der Waals surface area contributed by atoms with Gasteiger partial charge < -0.3 is 0 Å². The van der Waals surface area contributed by atoms with Crippen molar-refractivity contribution in [2.24, 2.45) is 0 Å². The molecule has 5 nitrogen and oxygen atoms in total. The fourth-order valence-corrected chi connectivity index (χ4v) is 1.26. The molecule has 6 heteroatoms. The predicted molar refractivity (Wildman–Crippen MR) is 42.8 cm³/mol. The second kappa shape index (κ2) is 3.54. The monoisotopic (exact) mass is 228 g/mol. The molecule has 0 saturated heterocycles. The van der Waals surface area contributed by atoms with Crippen LogP contribution in [0.3, 0.4) is 0 Å². The van der Waals surface area contributed by atoms with Crippen LogP contribution in [0.15, 0.2) is 12.3 Å². The number of nitrogens with zero attached hydrogens (tertiary/aromatic N) is 2. The first-order valence-corrected chi connectivity index (χ1v) is 3.97. The van der Waals surface area contributed by atoms with E-state index in [2.05, 4.69) is 21.8 Å². The van der Waals surface area contributed by atoms with Crippen LogP contribution in [0.5, 0.6) is 5.88 Å². The van der Waals surface area contributed by atoms with Gasteiger partial charge in [-0.15, -0.1) is 0 Å². The summed E-state index contributed by atoms with van der Waals surface area (Å²) in [4.78, 5) is 13.7. The fourth-order valence-electron chi connectivity index (χ4n) is 0.746. The molecule has 2 radical (unpaired) electrons. The van der Waals surface area contributed by atoms with Crippen LogP contribution in [0, 0.1) is 10.1 Å². The second-order valence-electron chi connectivity index (χ2n) is 1.95. The second-order valence-corrected chi connectivity index (χ2v) is 2.96. The summed E-state index contributed by atoms with van der Waals surface area (Å²) in [5, 5.41) is 10.5. The Hall–Kier alpha value is -1.09. The number of ether oxygens (including phenoxy) is 1. The minimum atomic E-state index is -0.514. The van der Waals surface area contributed by atoms with Gasteiger partial charge in [0, 0.05) is 0 Å². The van der Waals surface area contributed by atoms with E-state index < -0.39 is 4.92 Å². The van der Waals surface area contributed by atoms with Crippen LogP contribution >= 0.6 is 0 Å². The number of nitro groups is 1. The number of methoxy groups -OCH3 is 1. The molecule has 1 aromatic rings. The third-order valence-corrected chi connectivity index (χ3v) is 2.00. The van der Waals surface area contributed by atoms with E-state index in [1.165, 1.54) is 13.3 Å². The number of hydrogen-bond donors (Lipinski definition) is 0. The van der Waals surface area contributed by atoms with Crippen molar-refractivity contribution in [2.75, 3.05) is 7.11 Å². The number of rotatable bonds is 2. The maximum absolute atomic E-state index is 10.5. The first kappa shape index (κ1) is 9.00. The molecule has 1 heterocycles. The average molecular weight is 228 g/mol. The molecule has 0 unspecified atom stereocenters. The van der Waals surface area contributed by atoms with E-state index in [0.29, 0.717) is 4.35 Å². The molecule has 1 aromatic heterocycles. The third kappa shape index (κ3) is 1.56. The van der Waals surface area contributed by atoms with E-state index in [4.69, 9.17) is 4.74 Å². The van der Waals surface area contributed by atoms with Crippen LogP contribution in [0.4, 0.5) is 5.69 Å². The van der Waals surface area contributed by atoms with Gasteiger partial charge in [-0.2, -0.15) is 0 Å². The molecule has 0 saturated carbocycles. The zero-order chi connectivity index (χ0) is 9.14. The van der Waals surface area contributed by atoms with E-state index in [9.17, 15) is 10.1 Å². The number of aromatic nitrogens is 1. The molecule has 0 aromatic carbocycles. The molecule has 0 bridgehead atoms. The van der Waals surface area contributed by atoms with Crippen molar-refractivity contribution in [1.29, 1.82) is 0 Å². The van der Waals surface area contributed by atoms with Crippen molar-refractivity contribution >= 4 is 26.9 Å². The Bertz CT molecular complexity index is 316. The van der Waals surface area contributed by atoms with Crippen molar-refractivity contribution in [1.82, 2.24) is 4.98 Å². The van der Waals surface area contributed by atoms with Gasteiger partial charge >= 0.3 is 76.9 Å². The van der Waals surface area contributed by atoms with Crippen molar-refractivity contribution in [2.45, 2.75) is 0 Å². The summed E-state index contributed by atoms with van der Waals surface area (Å²) < 4.78 is 5.21. The zero-order valence-corrected chi connectivity index (χ0v) is 8.10. The van der Waals surface area contributed by atoms with Gasteiger partial charge in [0.15, 0.2) is 0 Å². The molecule has 0 amide bonds. The van der Waals surface area contributed by atoms with Gasteiger partial charge in [-0.05, 0) is 0 Å². The quantitative estimate of drug-likeness (QED) is 0.399. The topological polar surface area (TPSA) is 65.3 Å². The maximum atomic E-state index is 10.5. The summed E-state index contributed by atoms with van der Waals surface area (Å²) in [7, 11) is 1.35. The van der Waals surface area contributed by atoms with Gasteiger partial charge in [0.05, 0.1) is 0 Å². The van der Waals surface area contributed by atoms with Gasteiger partial charge in [-0.3, -0.25) is 0 Å². The molecule has 0 spiro atoms. The molecule has 62 valence electrons. The summed E-state index contributed by atoms with van der Waals surface area (Å²) in [5.74, 6) is 0.0399. The molecule has 0 aliphatic carbocycles.